The Morgan fingerprint density at radius 3 is 2.46 bits per heavy atom. The van der Waals surface area contributed by atoms with Crippen molar-refractivity contribution >= 4 is 40.0 Å². The first-order valence-electron chi connectivity index (χ1n) is 10.3. The van der Waals surface area contributed by atoms with E-state index in [1.54, 1.807) is 18.2 Å². The summed E-state index contributed by atoms with van der Waals surface area (Å²) in [5.74, 6) is -2.35. The molecule has 0 spiro atoms. The molecule has 13 heteroatoms. The summed E-state index contributed by atoms with van der Waals surface area (Å²) >= 11 is 6.00. The van der Waals surface area contributed by atoms with E-state index in [2.05, 4.69) is 21.9 Å². The van der Waals surface area contributed by atoms with Crippen LogP contribution in [0.5, 0.6) is 11.5 Å². The zero-order valence-electron chi connectivity index (χ0n) is 18.3. The predicted molar refractivity (Wildman–Crippen MR) is 121 cm³/mol. The molecule has 3 aromatic rings. The van der Waals surface area contributed by atoms with E-state index in [4.69, 9.17) is 26.2 Å². The molecule has 0 radical (unpaired) electrons. The van der Waals surface area contributed by atoms with Gasteiger partial charge in [0.15, 0.2) is 5.82 Å². The molecule has 1 fully saturated rings. The number of carboxylic acids is 1. The molecule has 0 unspecified atom stereocenters. The number of phenols is 1. The minimum Gasteiger partial charge on any atom is -0.508 e. The summed E-state index contributed by atoms with van der Waals surface area (Å²) in [4.78, 5) is 19.4. The fraction of sp³-hybridized carbons (Fsp3) is 0.318. The third-order valence-corrected chi connectivity index (χ3v) is 5.32. The summed E-state index contributed by atoms with van der Waals surface area (Å²) in [5.41, 5.74) is 0.642. The van der Waals surface area contributed by atoms with Crippen molar-refractivity contribution in [3.8, 4) is 11.5 Å². The number of fused-ring (bicyclic) bond motifs is 1. The number of alkyl halides is 3. The number of phenolic OH excluding ortho intramolecular Hbond substituents is 1. The summed E-state index contributed by atoms with van der Waals surface area (Å²) in [6, 6.07) is 9.39. The molecule has 4 rings (SSSR count). The van der Waals surface area contributed by atoms with Gasteiger partial charge in [-0.15, -0.1) is 0 Å². The van der Waals surface area contributed by atoms with Gasteiger partial charge < -0.3 is 19.8 Å². The average Bonchev–Trinajstić information content (AvgIpc) is 2.79. The third-order valence-electron chi connectivity index (χ3n) is 5.09. The number of hydrogen-bond donors (Lipinski definition) is 2. The summed E-state index contributed by atoms with van der Waals surface area (Å²) < 4.78 is 53.1. The van der Waals surface area contributed by atoms with Crippen molar-refractivity contribution in [2.45, 2.75) is 25.1 Å². The van der Waals surface area contributed by atoms with Gasteiger partial charge in [0, 0.05) is 30.2 Å². The first kappa shape index (κ1) is 26.2. The quantitative estimate of drug-likeness (QED) is 0.364. The summed E-state index contributed by atoms with van der Waals surface area (Å²) in [6.07, 6.45) is -2.14. The first-order chi connectivity index (χ1) is 16.5. The van der Waals surface area contributed by atoms with Crippen LogP contribution in [0.4, 0.5) is 29.2 Å². The van der Waals surface area contributed by atoms with E-state index in [9.17, 15) is 18.3 Å². The number of piperidine rings is 1. The van der Waals surface area contributed by atoms with E-state index in [1.165, 1.54) is 24.5 Å². The minimum absolute atomic E-state index is 0.00763. The number of halogens is 5. The van der Waals surface area contributed by atoms with E-state index < -0.39 is 12.1 Å². The molecule has 0 aliphatic carbocycles. The van der Waals surface area contributed by atoms with Crippen molar-refractivity contribution in [1.29, 1.82) is 0 Å². The van der Waals surface area contributed by atoms with E-state index >= 15 is 4.48 Å². The van der Waals surface area contributed by atoms with Crippen LogP contribution in [0.15, 0.2) is 42.7 Å². The number of carboxylic acid groups (broad SMARTS) is 1. The molecule has 1 aliphatic rings. The average molecular weight is 517 g/mol. The van der Waals surface area contributed by atoms with Gasteiger partial charge >= 0.3 is 12.1 Å². The predicted octanol–water partition coefficient (Wildman–Crippen LogP) is 5.12. The Labute approximate surface area is 202 Å². The van der Waals surface area contributed by atoms with Gasteiger partial charge in [0.1, 0.15) is 23.9 Å². The monoisotopic (exact) mass is 516 g/mol. The molecule has 1 saturated heterocycles. The van der Waals surface area contributed by atoms with E-state index in [-0.39, 0.29) is 23.4 Å². The van der Waals surface area contributed by atoms with Crippen LogP contribution >= 0.6 is 11.6 Å². The maximum atomic E-state index is 15.2. The summed E-state index contributed by atoms with van der Waals surface area (Å²) in [5, 5.41) is 18.5. The van der Waals surface area contributed by atoms with Crippen LogP contribution < -0.4 is 9.86 Å². The number of hydrogen-bond acceptors (Lipinski definition) is 7. The first-order valence-corrected chi connectivity index (χ1v) is 10.7. The van der Waals surface area contributed by atoms with Crippen molar-refractivity contribution in [3.63, 3.8) is 0 Å². The van der Waals surface area contributed by atoms with Gasteiger partial charge in [-0.2, -0.15) is 18.3 Å². The van der Waals surface area contributed by atoms with Crippen molar-refractivity contribution in [2.24, 2.45) is 0 Å². The number of likely N-dealkylation sites (tertiary alicyclic amines) is 1. The molecule has 0 saturated carbocycles. The van der Waals surface area contributed by atoms with Crippen LogP contribution in [0.2, 0.25) is 5.02 Å². The number of anilines is 2. The summed E-state index contributed by atoms with van der Waals surface area (Å²) in [7, 11) is 2.07. The Hall–Kier alpha value is -3.38. The van der Waals surface area contributed by atoms with Crippen molar-refractivity contribution in [1.82, 2.24) is 14.9 Å². The Kier molecular flexibility index (Phi) is 8.18. The highest BCUT2D eigenvalue weighted by atomic mass is 35.5. The number of ether oxygens (including phenoxy) is 1. The zero-order valence-corrected chi connectivity index (χ0v) is 19.1. The van der Waals surface area contributed by atoms with Gasteiger partial charge in [0.2, 0.25) is 0 Å². The molecular formula is C22H21ClF4N4O4. The molecule has 0 amide bonds. The van der Waals surface area contributed by atoms with Crippen LogP contribution in [0.1, 0.15) is 12.8 Å². The number of aliphatic carboxylic acids is 1. The topological polar surface area (TPSA) is 99.0 Å². The second kappa shape index (κ2) is 10.9. The number of rotatable bonds is 4. The molecular weight excluding hydrogens is 496 g/mol. The van der Waals surface area contributed by atoms with Crippen LogP contribution in [0.3, 0.4) is 0 Å². The molecule has 1 aromatic heterocycles. The molecule has 35 heavy (non-hydrogen) atoms. The molecule has 2 N–H and O–H groups in total. The highest BCUT2D eigenvalue weighted by molar-refractivity contribution is 6.30. The molecule has 188 valence electrons. The molecule has 1 aliphatic heterocycles. The van der Waals surface area contributed by atoms with Gasteiger partial charge in [-0.25, -0.2) is 14.8 Å². The Morgan fingerprint density at radius 1 is 1.20 bits per heavy atom. The Morgan fingerprint density at radius 2 is 1.86 bits per heavy atom. The lowest BCUT2D eigenvalue weighted by Crippen LogP contribution is -2.35. The van der Waals surface area contributed by atoms with E-state index in [1.807, 2.05) is 0 Å². The second-order valence-corrected chi connectivity index (χ2v) is 8.16. The fourth-order valence-electron chi connectivity index (χ4n) is 3.37. The normalized spacial score (nSPS) is 14.8. The highest BCUT2D eigenvalue weighted by Crippen LogP contribution is 2.39. The number of carbonyl (C=O) groups is 1. The fourth-order valence-corrected chi connectivity index (χ4v) is 3.55. The number of benzene rings is 2. The number of aromatic hydroxyl groups is 1. The van der Waals surface area contributed by atoms with Crippen LogP contribution in [0.25, 0.3) is 10.9 Å². The maximum Gasteiger partial charge on any atom is 0.490 e. The zero-order chi connectivity index (χ0) is 25.8. The highest BCUT2D eigenvalue weighted by Gasteiger charge is 2.38. The van der Waals surface area contributed by atoms with Crippen LogP contribution in [-0.2, 0) is 4.79 Å². The Balaban J connectivity index is 0.000000429. The molecule has 0 atom stereocenters. The van der Waals surface area contributed by atoms with Crippen LogP contribution in [-0.4, -0.2) is 63.5 Å². The van der Waals surface area contributed by atoms with Crippen molar-refractivity contribution < 1.29 is 37.4 Å². The summed E-state index contributed by atoms with van der Waals surface area (Å²) in [6.45, 7) is 1.84. The Bertz CT molecular complexity index is 1190. The molecule has 8 nitrogen and oxygen atoms in total. The van der Waals surface area contributed by atoms with Crippen molar-refractivity contribution in [2.75, 3.05) is 25.3 Å². The smallest absolute Gasteiger partial charge is 0.490 e. The van der Waals surface area contributed by atoms with Crippen molar-refractivity contribution in [3.05, 3.63) is 47.7 Å². The van der Waals surface area contributed by atoms with Gasteiger partial charge in [0.05, 0.1) is 16.6 Å². The lowest BCUT2D eigenvalue weighted by atomic mass is 10.1. The number of aromatic nitrogens is 2. The maximum absolute atomic E-state index is 15.2. The molecule has 2 aromatic carbocycles. The molecule has 0 bridgehead atoms. The third kappa shape index (κ3) is 6.83. The van der Waals surface area contributed by atoms with Crippen LogP contribution in [0, 0.1) is 0 Å². The van der Waals surface area contributed by atoms with Gasteiger partial charge in [-0.05, 0) is 38.1 Å². The largest absolute Gasteiger partial charge is 0.508 e. The van der Waals surface area contributed by atoms with E-state index in [0.29, 0.717) is 26.8 Å². The SMILES string of the molecule is CN1CCC(Oc2cc(O)cc3ncnc(N(F)c4cccc(Cl)c4)c23)CC1.O=C(O)C(F)(F)F. The lowest BCUT2D eigenvalue weighted by Gasteiger charge is -2.30. The lowest BCUT2D eigenvalue weighted by molar-refractivity contribution is -0.192. The van der Waals surface area contributed by atoms with Gasteiger partial charge in [-0.3, -0.25) is 0 Å². The van der Waals surface area contributed by atoms with E-state index in [0.717, 1.165) is 25.9 Å². The standard InChI is InChI=1S/C20H20ClFN4O2.C2HF3O2/c1-25-7-5-16(6-8-25)28-18-11-15(27)10-17-19(18)20(24-12-23-17)26(22)14-4-2-3-13(21)9-14;3-2(4,5)1(6)7/h2-4,9-12,16,27H,5-8H2,1H3;(H,6,7). The minimum atomic E-state index is -5.08. The van der Waals surface area contributed by atoms with Gasteiger partial charge in [0.25, 0.3) is 0 Å². The molecule has 2 heterocycles. The number of nitrogens with zero attached hydrogens (tertiary/aromatic N) is 4. The second-order valence-electron chi connectivity index (χ2n) is 7.72. The van der Waals surface area contributed by atoms with Gasteiger partial charge in [-0.1, -0.05) is 22.1 Å².